The van der Waals surface area contributed by atoms with E-state index in [2.05, 4.69) is 0 Å². The number of hydrogen-bond acceptors (Lipinski definition) is 2. The maximum Gasteiger partial charge on any atom is 0.0256 e. The van der Waals surface area contributed by atoms with Gasteiger partial charge in [0.05, 0.1) is 0 Å². The Morgan fingerprint density at radius 2 is 1.92 bits per heavy atom. The van der Waals surface area contributed by atoms with Crippen LogP contribution in [0.2, 0.25) is 0 Å². The van der Waals surface area contributed by atoms with Gasteiger partial charge in [-0.1, -0.05) is 11.1 Å². The van der Waals surface area contributed by atoms with Crippen molar-refractivity contribution in [1.29, 1.82) is 0 Å². The molecule has 2 heteroatoms. The fourth-order valence-corrected chi connectivity index (χ4v) is 2.46. The summed E-state index contributed by atoms with van der Waals surface area (Å²) in [6.07, 6.45) is 7.20. The monoisotopic (exact) mass is 166 g/mol. The minimum Gasteiger partial charge on any atom is -0.327 e. The second kappa shape index (κ2) is 3.19. The zero-order chi connectivity index (χ0) is 8.55. The summed E-state index contributed by atoms with van der Waals surface area (Å²) < 4.78 is 0. The maximum absolute atomic E-state index is 6.04. The van der Waals surface area contributed by atoms with Crippen molar-refractivity contribution in [2.24, 2.45) is 11.5 Å². The van der Waals surface area contributed by atoms with Gasteiger partial charge in [-0.3, -0.25) is 0 Å². The van der Waals surface area contributed by atoms with Crippen LogP contribution in [0.4, 0.5) is 0 Å². The minimum atomic E-state index is 0.333. The lowest BCUT2D eigenvalue weighted by Crippen LogP contribution is -2.34. The van der Waals surface area contributed by atoms with Crippen LogP contribution in [0, 0.1) is 0 Å². The molecular weight excluding hydrogens is 148 g/mol. The Bertz CT molecular complexity index is 208. The number of allylic oxidation sites excluding steroid dienone is 1. The summed E-state index contributed by atoms with van der Waals surface area (Å²) in [6, 6.07) is 0.716. The van der Waals surface area contributed by atoms with Crippen LogP contribution in [0.3, 0.4) is 0 Å². The summed E-state index contributed by atoms with van der Waals surface area (Å²) in [4.78, 5) is 0. The molecule has 0 fully saturated rings. The maximum atomic E-state index is 6.04. The lowest BCUT2D eigenvalue weighted by atomic mass is 9.78. The second-order valence-electron chi connectivity index (χ2n) is 4.13. The third kappa shape index (κ3) is 1.41. The third-order valence-electron chi connectivity index (χ3n) is 3.19. The van der Waals surface area contributed by atoms with Gasteiger partial charge in [0.1, 0.15) is 0 Å². The molecule has 2 nitrogen and oxygen atoms in total. The average molecular weight is 166 g/mol. The van der Waals surface area contributed by atoms with E-state index in [-0.39, 0.29) is 0 Å². The molecule has 0 aromatic heterocycles. The van der Waals surface area contributed by atoms with Gasteiger partial charge in [0.15, 0.2) is 0 Å². The van der Waals surface area contributed by atoms with Crippen molar-refractivity contribution in [2.45, 2.75) is 50.6 Å². The molecule has 0 spiro atoms. The van der Waals surface area contributed by atoms with Crippen LogP contribution in [0.15, 0.2) is 11.1 Å². The van der Waals surface area contributed by atoms with Gasteiger partial charge < -0.3 is 11.5 Å². The van der Waals surface area contributed by atoms with Crippen molar-refractivity contribution in [2.75, 3.05) is 0 Å². The van der Waals surface area contributed by atoms with Crippen LogP contribution < -0.4 is 11.5 Å². The van der Waals surface area contributed by atoms with Crippen molar-refractivity contribution < 1.29 is 0 Å². The van der Waals surface area contributed by atoms with E-state index in [9.17, 15) is 0 Å². The molecule has 0 heterocycles. The highest BCUT2D eigenvalue weighted by Gasteiger charge is 2.25. The Labute approximate surface area is 74.0 Å². The second-order valence-corrected chi connectivity index (χ2v) is 4.13. The highest BCUT2D eigenvalue weighted by atomic mass is 14.7. The molecule has 0 aromatic carbocycles. The van der Waals surface area contributed by atoms with Crippen molar-refractivity contribution in [1.82, 2.24) is 0 Å². The van der Waals surface area contributed by atoms with E-state index in [4.69, 9.17) is 11.5 Å². The first-order valence-corrected chi connectivity index (χ1v) is 4.99. The van der Waals surface area contributed by atoms with E-state index in [1.54, 1.807) is 5.57 Å². The molecule has 0 saturated heterocycles. The number of nitrogens with two attached hydrogens (primary N) is 2. The van der Waals surface area contributed by atoms with Gasteiger partial charge in [-0.2, -0.15) is 0 Å². The number of rotatable bonds is 0. The summed E-state index contributed by atoms with van der Waals surface area (Å²) in [7, 11) is 0. The standard InChI is InChI=1S/C10H18N2/c11-8-5-4-7-2-1-3-10(12)9(7)6-8/h8,10H,1-6,11-12H2. The quantitative estimate of drug-likeness (QED) is 0.533. The molecular formula is C10H18N2. The minimum absolute atomic E-state index is 0.333. The predicted molar refractivity (Wildman–Crippen MR) is 50.7 cm³/mol. The molecule has 2 unspecified atom stereocenters. The molecule has 0 aromatic rings. The largest absolute Gasteiger partial charge is 0.327 e. The van der Waals surface area contributed by atoms with Crippen LogP contribution in [0.25, 0.3) is 0 Å². The molecule has 0 saturated carbocycles. The Morgan fingerprint density at radius 1 is 1.08 bits per heavy atom. The Balaban J connectivity index is 2.19. The van der Waals surface area contributed by atoms with Gasteiger partial charge in [0, 0.05) is 12.1 Å². The van der Waals surface area contributed by atoms with Crippen LogP contribution in [0.5, 0.6) is 0 Å². The number of hydrogen-bond donors (Lipinski definition) is 2. The van der Waals surface area contributed by atoms with Crippen LogP contribution >= 0.6 is 0 Å². The molecule has 0 amide bonds. The summed E-state index contributed by atoms with van der Waals surface area (Å²) >= 11 is 0. The Kier molecular flexibility index (Phi) is 2.20. The van der Waals surface area contributed by atoms with Crippen molar-refractivity contribution >= 4 is 0 Å². The zero-order valence-electron chi connectivity index (χ0n) is 7.55. The zero-order valence-corrected chi connectivity index (χ0v) is 7.55. The summed E-state index contributed by atoms with van der Waals surface area (Å²) in [5.74, 6) is 0. The van der Waals surface area contributed by atoms with Gasteiger partial charge in [-0.05, 0) is 38.5 Å². The molecule has 0 aliphatic heterocycles. The van der Waals surface area contributed by atoms with Gasteiger partial charge in [0.2, 0.25) is 0 Å². The summed E-state index contributed by atoms with van der Waals surface area (Å²) in [6.45, 7) is 0. The van der Waals surface area contributed by atoms with Gasteiger partial charge in [-0.25, -0.2) is 0 Å². The van der Waals surface area contributed by atoms with Crippen molar-refractivity contribution in [3.63, 3.8) is 0 Å². The SMILES string of the molecule is NC1CCC2=C(C1)C(N)CCC2. The summed E-state index contributed by atoms with van der Waals surface area (Å²) in [5.41, 5.74) is 15.1. The van der Waals surface area contributed by atoms with Gasteiger partial charge in [-0.15, -0.1) is 0 Å². The molecule has 2 atom stereocenters. The first kappa shape index (κ1) is 8.27. The predicted octanol–water partition coefficient (Wildman–Crippen LogP) is 1.31. The van der Waals surface area contributed by atoms with E-state index in [1.165, 1.54) is 37.7 Å². The Hall–Kier alpha value is -0.340. The molecule has 2 aliphatic rings. The molecule has 4 N–H and O–H groups in total. The fraction of sp³-hybridized carbons (Fsp3) is 0.800. The molecule has 68 valence electrons. The van der Waals surface area contributed by atoms with Gasteiger partial charge in [0.25, 0.3) is 0 Å². The highest BCUT2D eigenvalue weighted by molar-refractivity contribution is 5.26. The summed E-state index contributed by atoms with van der Waals surface area (Å²) in [5, 5.41) is 0. The van der Waals surface area contributed by atoms with Gasteiger partial charge >= 0.3 is 0 Å². The first-order valence-electron chi connectivity index (χ1n) is 4.99. The highest BCUT2D eigenvalue weighted by Crippen LogP contribution is 2.34. The average Bonchev–Trinajstić information content (AvgIpc) is 2.07. The third-order valence-corrected chi connectivity index (χ3v) is 3.19. The molecule has 0 bridgehead atoms. The smallest absolute Gasteiger partial charge is 0.0256 e. The Morgan fingerprint density at radius 3 is 2.75 bits per heavy atom. The normalized spacial score (nSPS) is 36.5. The first-order chi connectivity index (χ1) is 5.77. The topological polar surface area (TPSA) is 52.0 Å². The van der Waals surface area contributed by atoms with Crippen LogP contribution in [-0.4, -0.2) is 12.1 Å². The molecule has 12 heavy (non-hydrogen) atoms. The van der Waals surface area contributed by atoms with E-state index in [0.717, 1.165) is 6.42 Å². The van der Waals surface area contributed by atoms with Crippen molar-refractivity contribution in [3.8, 4) is 0 Å². The van der Waals surface area contributed by atoms with E-state index < -0.39 is 0 Å². The van der Waals surface area contributed by atoms with E-state index in [0.29, 0.717) is 12.1 Å². The van der Waals surface area contributed by atoms with Crippen molar-refractivity contribution in [3.05, 3.63) is 11.1 Å². The lowest BCUT2D eigenvalue weighted by molar-refractivity contribution is 0.476. The fourth-order valence-electron chi connectivity index (χ4n) is 2.46. The molecule has 2 rings (SSSR count). The lowest BCUT2D eigenvalue weighted by Gasteiger charge is -2.32. The van der Waals surface area contributed by atoms with Crippen LogP contribution in [-0.2, 0) is 0 Å². The van der Waals surface area contributed by atoms with E-state index in [1.807, 2.05) is 0 Å². The molecule has 0 radical (unpaired) electrons. The van der Waals surface area contributed by atoms with E-state index >= 15 is 0 Å². The van der Waals surface area contributed by atoms with Crippen LogP contribution in [0.1, 0.15) is 38.5 Å². The molecule has 2 aliphatic carbocycles.